The van der Waals surface area contributed by atoms with E-state index >= 15 is 0 Å². The molecule has 0 bridgehead atoms. The Morgan fingerprint density at radius 2 is 2.25 bits per heavy atom. The van der Waals surface area contributed by atoms with Crippen molar-refractivity contribution in [3.8, 4) is 6.07 Å². The fourth-order valence-corrected chi connectivity index (χ4v) is 1.95. The maximum absolute atomic E-state index is 9.93. The molecule has 0 atom stereocenters. The molecule has 2 rings (SSSR count). The van der Waals surface area contributed by atoms with Gasteiger partial charge in [0.05, 0.1) is 16.9 Å². The summed E-state index contributed by atoms with van der Waals surface area (Å²) in [5, 5.41) is 22.5. The lowest BCUT2D eigenvalue weighted by atomic mass is 9.80. The van der Waals surface area contributed by atoms with Crippen molar-refractivity contribution in [3.63, 3.8) is 0 Å². The van der Waals surface area contributed by atoms with E-state index < -0.39 is 5.60 Å². The molecule has 1 saturated carbocycles. The predicted molar refractivity (Wildman–Crippen MR) is 63.5 cm³/mol. The van der Waals surface area contributed by atoms with Gasteiger partial charge in [-0.2, -0.15) is 5.26 Å². The van der Waals surface area contributed by atoms with Crippen LogP contribution < -0.4 is 5.32 Å². The Bertz CT molecular complexity index is 435. The largest absolute Gasteiger partial charge is 0.388 e. The molecule has 16 heavy (non-hydrogen) atoms. The molecule has 1 aliphatic carbocycles. The highest BCUT2D eigenvalue weighted by Gasteiger charge is 2.34. The third-order valence-corrected chi connectivity index (χ3v) is 3.23. The summed E-state index contributed by atoms with van der Waals surface area (Å²) in [7, 11) is 0. The number of nitrogens with zero attached hydrogens (tertiary/aromatic N) is 1. The molecule has 4 heteroatoms. The summed E-state index contributed by atoms with van der Waals surface area (Å²) in [6.07, 6.45) is 2.71. The minimum atomic E-state index is -0.602. The van der Waals surface area contributed by atoms with Crippen LogP contribution in [-0.4, -0.2) is 17.3 Å². The SMILES string of the molecule is N#Cc1ccc(Cl)cc1NCC1(O)CCC1. The minimum absolute atomic E-state index is 0.474. The van der Waals surface area contributed by atoms with Crippen molar-refractivity contribution in [1.82, 2.24) is 0 Å². The monoisotopic (exact) mass is 236 g/mol. The molecule has 1 aromatic rings. The van der Waals surface area contributed by atoms with Crippen LogP contribution in [0.5, 0.6) is 0 Å². The molecule has 1 aliphatic rings. The molecule has 0 heterocycles. The molecular formula is C12H13ClN2O. The van der Waals surface area contributed by atoms with Gasteiger partial charge >= 0.3 is 0 Å². The summed E-state index contributed by atoms with van der Waals surface area (Å²) < 4.78 is 0. The molecule has 1 fully saturated rings. The lowest BCUT2D eigenvalue weighted by Gasteiger charge is -2.37. The van der Waals surface area contributed by atoms with Gasteiger partial charge < -0.3 is 10.4 Å². The van der Waals surface area contributed by atoms with Crippen LogP contribution in [0.1, 0.15) is 24.8 Å². The van der Waals surface area contributed by atoms with E-state index in [0.717, 1.165) is 19.3 Å². The summed E-state index contributed by atoms with van der Waals surface area (Å²) in [6.45, 7) is 0.474. The maximum Gasteiger partial charge on any atom is 0.101 e. The Labute approximate surface area is 99.7 Å². The molecule has 0 aromatic heterocycles. The Hall–Kier alpha value is -1.24. The van der Waals surface area contributed by atoms with Gasteiger partial charge in [-0.1, -0.05) is 11.6 Å². The van der Waals surface area contributed by atoms with Gasteiger partial charge in [0.2, 0.25) is 0 Å². The molecule has 2 N–H and O–H groups in total. The summed E-state index contributed by atoms with van der Waals surface area (Å²) in [4.78, 5) is 0. The average molecular weight is 237 g/mol. The van der Waals surface area contributed by atoms with E-state index in [1.165, 1.54) is 0 Å². The highest BCUT2D eigenvalue weighted by Crippen LogP contribution is 2.32. The zero-order valence-corrected chi connectivity index (χ0v) is 9.59. The van der Waals surface area contributed by atoms with E-state index in [1.54, 1.807) is 18.2 Å². The van der Waals surface area contributed by atoms with Gasteiger partial charge in [0.25, 0.3) is 0 Å². The molecule has 0 aliphatic heterocycles. The van der Waals surface area contributed by atoms with E-state index in [2.05, 4.69) is 11.4 Å². The Kier molecular flexibility index (Phi) is 3.04. The number of hydrogen-bond donors (Lipinski definition) is 2. The summed E-state index contributed by atoms with van der Waals surface area (Å²) >= 11 is 5.86. The average Bonchev–Trinajstić information content (AvgIpc) is 2.24. The number of halogens is 1. The number of nitrogens with one attached hydrogen (secondary N) is 1. The molecular weight excluding hydrogens is 224 g/mol. The van der Waals surface area contributed by atoms with Crippen molar-refractivity contribution in [3.05, 3.63) is 28.8 Å². The summed E-state index contributed by atoms with van der Waals surface area (Å²) in [6, 6.07) is 7.16. The zero-order valence-electron chi connectivity index (χ0n) is 8.83. The quantitative estimate of drug-likeness (QED) is 0.848. The van der Waals surface area contributed by atoms with E-state index in [4.69, 9.17) is 16.9 Å². The van der Waals surface area contributed by atoms with Gasteiger partial charge in [-0.3, -0.25) is 0 Å². The molecule has 84 valence electrons. The molecule has 3 nitrogen and oxygen atoms in total. The van der Waals surface area contributed by atoms with E-state index in [0.29, 0.717) is 22.8 Å². The van der Waals surface area contributed by atoms with Gasteiger partial charge in [0.1, 0.15) is 6.07 Å². The topological polar surface area (TPSA) is 56.0 Å². The van der Waals surface area contributed by atoms with Crippen molar-refractivity contribution < 1.29 is 5.11 Å². The maximum atomic E-state index is 9.93. The first kappa shape index (κ1) is 11.3. The first-order valence-corrected chi connectivity index (χ1v) is 5.67. The predicted octanol–water partition coefficient (Wildman–Crippen LogP) is 2.54. The first-order valence-electron chi connectivity index (χ1n) is 5.29. The van der Waals surface area contributed by atoms with Gasteiger partial charge in [0.15, 0.2) is 0 Å². The smallest absolute Gasteiger partial charge is 0.101 e. The second kappa shape index (κ2) is 4.32. The Morgan fingerprint density at radius 3 is 2.81 bits per heavy atom. The number of benzene rings is 1. The molecule has 0 unspecified atom stereocenters. The van der Waals surface area contributed by atoms with Crippen molar-refractivity contribution >= 4 is 17.3 Å². The van der Waals surface area contributed by atoms with E-state index in [-0.39, 0.29) is 0 Å². The van der Waals surface area contributed by atoms with Crippen LogP contribution in [0, 0.1) is 11.3 Å². The second-order valence-electron chi connectivity index (χ2n) is 4.23. The number of aliphatic hydroxyl groups is 1. The highest BCUT2D eigenvalue weighted by molar-refractivity contribution is 6.30. The van der Waals surface area contributed by atoms with Gasteiger partial charge in [0, 0.05) is 11.6 Å². The van der Waals surface area contributed by atoms with Crippen LogP contribution in [-0.2, 0) is 0 Å². The zero-order chi connectivity index (χ0) is 11.6. The fraction of sp³-hybridized carbons (Fsp3) is 0.417. The van der Waals surface area contributed by atoms with Crippen LogP contribution in [0.4, 0.5) is 5.69 Å². The number of anilines is 1. The third-order valence-electron chi connectivity index (χ3n) is 2.99. The molecule has 1 aromatic carbocycles. The number of rotatable bonds is 3. The van der Waals surface area contributed by atoms with Gasteiger partial charge in [-0.25, -0.2) is 0 Å². The van der Waals surface area contributed by atoms with E-state index in [9.17, 15) is 5.11 Å². The van der Waals surface area contributed by atoms with Crippen LogP contribution in [0.15, 0.2) is 18.2 Å². The summed E-state index contributed by atoms with van der Waals surface area (Å²) in [5.41, 5.74) is 0.636. The summed E-state index contributed by atoms with van der Waals surface area (Å²) in [5.74, 6) is 0. The second-order valence-corrected chi connectivity index (χ2v) is 4.67. The van der Waals surface area contributed by atoms with Gasteiger partial charge in [-0.05, 0) is 37.5 Å². The molecule has 0 amide bonds. The third kappa shape index (κ3) is 2.29. The van der Waals surface area contributed by atoms with Crippen LogP contribution >= 0.6 is 11.6 Å². The number of nitriles is 1. The fourth-order valence-electron chi connectivity index (χ4n) is 1.78. The van der Waals surface area contributed by atoms with Crippen LogP contribution in [0.2, 0.25) is 5.02 Å². The van der Waals surface area contributed by atoms with Crippen molar-refractivity contribution in [1.29, 1.82) is 5.26 Å². The lowest BCUT2D eigenvalue weighted by Crippen LogP contribution is -2.43. The molecule has 0 spiro atoms. The standard InChI is InChI=1S/C12H13ClN2O/c13-10-3-2-9(7-14)11(6-10)15-8-12(16)4-1-5-12/h2-3,6,15-16H,1,4-5,8H2. The van der Waals surface area contributed by atoms with E-state index in [1.807, 2.05) is 0 Å². The van der Waals surface area contributed by atoms with Crippen LogP contribution in [0.25, 0.3) is 0 Å². The van der Waals surface area contributed by atoms with Crippen LogP contribution in [0.3, 0.4) is 0 Å². The lowest BCUT2D eigenvalue weighted by molar-refractivity contribution is -0.0201. The Balaban J connectivity index is 2.08. The Morgan fingerprint density at radius 1 is 1.50 bits per heavy atom. The van der Waals surface area contributed by atoms with Crippen molar-refractivity contribution in [2.45, 2.75) is 24.9 Å². The highest BCUT2D eigenvalue weighted by atomic mass is 35.5. The molecule has 0 radical (unpaired) electrons. The van der Waals surface area contributed by atoms with Crippen molar-refractivity contribution in [2.75, 3.05) is 11.9 Å². The normalized spacial score (nSPS) is 17.3. The van der Waals surface area contributed by atoms with Crippen molar-refractivity contribution in [2.24, 2.45) is 0 Å². The first-order chi connectivity index (χ1) is 7.63. The number of hydrogen-bond acceptors (Lipinski definition) is 3. The molecule has 0 saturated heterocycles. The minimum Gasteiger partial charge on any atom is -0.388 e. The van der Waals surface area contributed by atoms with Gasteiger partial charge in [-0.15, -0.1) is 0 Å².